The van der Waals surface area contributed by atoms with Crippen molar-refractivity contribution < 1.29 is 0 Å². The first-order valence-electron chi connectivity index (χ1n) is 5.59. The Morgan fingerprint density at radius 2 is 1.94 bits per heavy atom. The molecular weight excluding hydrogens is 248 g/mol. The zero-order valence-electron chi connectivity index (χ0n) is 9.55. The fourth-order valence-electron chi connectivity index (χ4n) is 1.96. The van der Waals surface area contributed by atoms with E-state index in [-0.39, 0.29) is 0 Å². The summed E-state index contributed by atoms with van der Waals surface area (Å²) in [5, 5.41) is 9.05. The number of nitrogens with two attached hydrogens (primary N) is 1. The minimum Gasteiger partial charge on any atom is -0.326 e. The van der Waals surface area contributed by atoms with Gasteiger partial charge in [0.25, 0.3) is 0 Å². The Hall–Kier alpha value is -1.91. The monoisotopic (exact) mass is 258 g/mol. The second kappa shape index (κ2) is 4.40. The number of rotatable bonds is 2. The van der Waals surface area contributed by atoms with E-state index in [1.807, 2.05) is 47.0 Å². The maximum Gasteiger partial charge on any atom is 0.169 e. The highest BCUT2D eigenvalue weighted by atomic mass is 35.5. The molecule has 0 fully saturated rings. The zero-order chi connectivity index (χ0) is 12.5. The summed E-state index contributed by atoms with van der Waals surface area (Å²) in [5.74, 6) is 0.728. The van der Waals surface area contributed by atoms with Gasteiger partial charge in [-0.3, -0.25) is 4.40 Å². The van der Waals surface area contributed by atoms with Crippen LogP contribution in [0, 0.1) is 0 Å². The number of halogens is 1. The zero-order valence-corrected chi connectivity index (χ0v) is 10.3. The third kappa shape index (κ3) is 1.66. The molecule has 3 aromatic rings. The normalized spacial score (nSPS) is 11.0. The largest absolute Gasteiger partial charge is 0.326 e. The Morgan fingerprint density at radius 3 is 2.72 bits per heavy atom. The third-order valence-corrected chi connectivity index (χ3v) is 3.18. The number of nitrogens with zero attached hydrogens (tertiary/aromatic N) is 3. The van der Waals surface area contributed by atoms with Gasteiger partial charge in [0.05, 0.1) is 5.02 Å². The van der Waals surface area contributed by atoms with Crippen LogP contribution >= 0.6 is 11.6 Å². The average molecular weight is 259 g/mol. The van der Waals surface area contributed by atoms with Crippen LogP contribution in [-0.4, -0.2) is 14.6 Å². The molecular formula is C13H11ClN4. The lowest BCUT2D eigenvalue weighted by molar-refractivity contribution is 1.04. The van der Waals surface area contributed by atoms with Crippen LogP contribution < -0.4 is 5.73 Å². The van der Waals surface area contributed by atoms with Gasteiger partial charge in [-0.25, -0.2) is 0 Å². The lowest BCUT2D eigenvalue weighted by Crippen LogP contribution is -2.00. The highest BCUT2D eigenvalue weighted by Crippen LogP contribution is 2.26. The second-order valence-corrected chi connectivity index (χ2v) is 4.34. The number of hydrogen-bond donors (Lipinski definition) is 1. The van der Waals surface area contributed by atoms with Gasteiger partial charge in [-0.1, -0.05) is 29.8 Å². The summed E-state index contributed by atoms with van der Waals surface area (Å²) in [6.45, 7) is 0.436. The summed E-state index contributed by atoms with van der Waals surface area (Å²) >= 11 is 6.18. The molecule has 0 spiro atoms. The molecule has 0 saturated heterocycles. The van der Waals surface area contributed by atoms with Crippen molar-refractivity contribution >= 4 is 17.2 Å². The maximum absolute atomic E-state index is 6.18. The van der Waals surface area contributed by atoms with Crippen molar-refractivity contribution in [2.75, 3.05) is 0 Å². The third-order valence-electron chi connectivity index (χ3n) is 2.85. The van der Waals surface area contributed by atoms with Crippen molar-refractivity contribution in [3.63, 3.8) is 0 Å². The Bertz CT molecular complexity index is 705. The van der Waals surface area contributed by atoms with Crippen molar-refractivity contribution in [1.29, 1.82) is 0 Å². The molecule has 0 saturated carbocycles. The van der Waals surface area contributed by atoms with E-state index < -0.39 is 0 Å². The van der Waals surface area contributed by atoms with E-state index in [1.54, 1.807) is 0 Å². The molecule has 3 rings (SSSR count). The van der Waals surface area contributed by atoms with Gasteiger partial charge < -0.3 is 5.73 Å². The van der Waals surface area contributed by atoms with E-state index in [0.717, 1.165) is 22.6 Å². The predicted molar refractivity (Wildman–Crippen MR) is 71.3 cm³/mol. The van der Waals surface area contributed by atoms with Crippen LogP contribution in [0.25, 0.3) is 17.0 Å². The van der Waals surface area contributed by atoms with Crippen molar-refractivity contribution in [3.05, 3.63) is 53.2 Å². The number of fused-ring (bicyclic) bond motifs is 1. The van der Waals surface area contributed by atoms with E-state index in [4.69, 9.17) is 17.3 Å². The molecule has 0 aliphatic heterocycles. The van der Waals surface area contributed by atoms with Crippen LogP contribution in [-0.2, 0) is 6.54 Å². The first kappa shape index (κ1) is 11.2. The Morgan fingerprint density at radius 1 is 1.11 bits per heavy atom. The fourth-order valence-corrected chi connectivity index (χ4v) is 2.18. The van der Waals surface area contributed by atoms with Crippen LogP contribution in [0.3, 0.4) is 0 Å². The smallest absolute Gasteiger partial charge is 0.169 e. The number of hydrogen-bond acceptors (Lipinski definition) is 3. The molecule has 2 heterocycles. The van der Waals surface area contributed by atoms with Crippen LogP contribution in [0.4, 0.5) is 0 Å². The molecule has 1 aromatic carbocycles. The van der Waals surface area contributed by atoms with E-state index >= 15 is 0 Å². The molecule has 4 nitrogen and oxygen atoms in total. The van der Waals surface area contributed by atoms with Crippen molar-refractivity contribution in [1.82, 2.24) is 14.6 Å². The summed E-state index contributed by atoms with van der Waals surface area (Å²) in [6, 6.07) is 11.5. The molecule has 0 atom stereocenters. The summed E-state index contributed by atoms with van der Waals surface area (Å²) < 4.78 is 1.91. The highest BCUT2D eigenvalue weighted by Gasteiger charge is 2.12. The van der Waals surface area contributed by atoms with Gasteiger partial charge in [-0.05, 0) is 18.2 Å². The summed E-state index contributed by atoms with van der Waals surface area (Å²) in [7, 11) is 0. The molecule has 2 aromatic heterocycles. The van der Waals surface area contributed by atoms with E-state index in [9.17, 15) is 0 Å². The fraction of sp³-hybridized carbons (Fsp3) is 0.0769. The lowest BCUT2D eigenvalue weighted by Gasteiger charge is -2.03. The van der Waals surface area contributed by atoms with Crippen molar-refractivity contribution in [2.24, 2.45) is 5.73 Å². The van der Waals surface area contributed by atoms with E-state index in [0.29, 0.717) is 11.6 Å². The molecule has 0 aliphatic carbocycles. The van der Waals surface area contributed by atoms with Crippen LogP contribution in [0.1, 0.15) is 5.56 Å². The molecule has 90 valence electrons. The van der Waals surface area contributed by atoms with Gasteiger partial charge in [0, 0.05) is 23.9 Å². The molecule has 0 amide bonds. The van der Waals surface area contributed by atoms with Gasteiger partial charge in [0.1, 0.15) is 0 Å². The van der Waals surface area contributed by atoms with E-state index in [1.165, 1.54) is 0 Å². The molecule has 2 N–H and O–H groups in total. The molecule has 0 radical (unpaired) electrons. The van der Waals surface area contributed by atoms with Gasteiger partial charge in [-0.15, -0.1) is 10.2 Å². The summed E-state index contributed by atoms with van der Waals surface area (Å²) in [4.78, 5) is 0. The van der Waals surface area contributed by atoms with Gasteiger partial charge >= 0.3 is 0 Å². The van der Waals surface area contributed by atoms with Crippen molar-refractivity contribution in [2.45, 2.75) is 6.54 Å². The van der Waals surface area contributed by atoms with Crippen molar-refractivity contribution in [3.8, 4) is 11.4 Å². The topological polar surface area (TPSA) is 56.2 Å². The minimum atomic E-state index is 0.436. The van der Waals surface area contributed by atoms with E-state index in [2.05, 4.69) is 10.2 Å². The van der Waals surface area contributed by atoms with Crippen LogP contribution in [0.15, 0.2) is 42.6 Å². The number of benzene rings is 1. The lowest BCUT2D eigenvalue weighted by atomic mass is 10.2. The average Bonchev–Trinajstić information content (AvgIpc) is 2.83. The summed E-state index contributed by atoms with van der Waals surface area (Å²) in [5.41, 5.74) is 8.28. The molecule has 0 unspecified atom stereocenters. The number of aromatic nitrogens is 3. The minimum absolute atomic E-state index is 0.436. The molecule has 0 bridgehead atoms. The first-order chi connectivity index (χ1) is 8.81. The second-order valence-electron chi connectivity index (χ2n) is 3.93. The van der Waals surface area contributed by atoms with Crippen LogP contribution in [0.2, 0.25) is 5.02 Å². The highest BCUT2D eigenvalue weighted by molar-refractivity contribution is 6.33. The molecule has 5 heteroatoms. The van der Waals surface area contributed by atoms with Gasteiger partial charge in [0.15, 0.2) is 11.5 Å². The van der Waals surface area contributed by atoms with Gasteiger partial charge in [0.2, 0.25) is 0 Å². The SMILES string of the molecule is NCc1cccn2c(-c3ccccc3Cl)nnc12. The Labute approximate surface area is 109 Å². The molecule has 18 heavy (non-hydrogen) atoms. The Kier molecular flexibility index (Phi) is 2.74. The van der Waals surface area contributed by atoms with Crippen LogP contribution in [0.5, 0.6) is 0 Å². The molecule has 0 aliphatic rings. The maximum atomic E-state index is 6.18. The first-order valence-corrected chi connectivity index (χ1v) is 5.96. The number of pyridine rings is 1. The van der Waals surface area contributed by atoms with Gasteiger partial charge in [-0.2, -0.15) is 0 Å². The summed E-state index contributed by atoms with van der Waals surface area (Å²) in [6.07, 6.45) is 1.91. The quantitative estimate of drug-likeness (QED) is 0.768. The standard InChI is InChI=1S/C13H11ClN4/c14-11-6-2-1-5-10(11)13-17-16-12-9(8-15)4-3-7-18(12)13/h1-7H,8,15H2. The predicted octanol–water partition coefficient (Wildman–Crippen LogP) is 2.51. The Balaban J connectivity index is 2.29.